The predicted octanol–water partition coefficient (Wildman–Crippen LogP) is 16.4. The van der Waals surface area contributed by atoms with Gasteiger partial charge in [0.15, 0.2) is 6.29 Å². The van der Waals surface area contributed by atoms with Crippen LogP contribution in [0.1, 0.15) is 328 Å². The van der Waals surface area contributed by atoms with Crippen molar-refractivity contribution in [3.63, 3.8) is 0 Å². The standard InChI is InChI=1S/C63H123NO8/c1-3-5-7-9-11-13-15-17-19-21-23-25-26-27-28-29-30-31-33-34-36-38-40-42-44-46-48-50-52-57(66)56(55-71-63-62(70)61(69)60(68)58(54-65)72-63)64-59(67)53-51-49-47-45-43-41-39-37-35-32-24-22-20-18-16-14-12-10-8-6-4-2/h50,52,56-58,60-63,65-66,68-70H,3-49,51,53-55H2,1-2H3,(H,64,67)/b52-50+. The Kier molecular flexibility index (Phi) is 51.1. The van der Waals surface area contributed by atoms with E-state index in [1.165, 1.54) is 270 Å². The van der Waals surface area contributed by atoms with Crippen LogP contribution < -0.4 is 5.32 Å². The van der Waals surface area contributed by atoms with Gasteiger partial charge in [0.1, 0.15) is 24.4 Å². The van der Waals surface area contributed by atoms with E-state index in [4.69, 9.17) is 9.47 Å². The Labute approximate surface area is 446 Å². The molecule has 1 aliphatic rings. The highest BCUT2D eigenvalue weighted by Gasteiger charge is 2.44. The summed E-state index contributed by atoms with van der Waals surface area (Å²) in [4.78, 5) is 13.1. The molecule has 9 nitrogen and oxygen atoms in total. The zero-order valence-electron chi connectivity index (χ0n) is 47.7. The lowest BCUT2D eigenvalue weighted by Crippen LogP contribution is -2.60. The molecule has 428 valence electrons. The lowest BCUT2D eigenvalue weighted by atomic mass is 9.99. The van der Waals surface area contributed by atoms with Crippen LogP contribution >= 0.6 is 0 Å². The first-order valence-corrected chi connectivity index (χ1v) is 31.9. The maximum Gasteiger partial charge on any atom is 0.220 e. The van der Waals surface area contributed by atoms with Crippen LogP contribution in [0, 0.1) is 0 Å². The minimum absolute atomic E-state index is 0.168. The minimum Gasteiger partial charge on any atom is -0.394 e. The second-order valence-corrected chi connectivity index (χ2v) is 22.6. The van der Waals surface area contributed by atoms with Crippen molar-refractivity contribution in [3.8, 4) is 0 Å². The maximum atomic E-state index is 13.1. The molecule has 9 heteroatoms. The highest BCUT2D eigenvalue weighted by atomic mass is 16.7. The molecular weight excluding hydrogens is 899 g/mol. The third-order valence-electron chi connectivity index (χ3n) is 15.6. The quantitative estimate of drug-likeness (QED) is 0.0261. The van der Waals surface area contributed by atoms with E-state index in [2.05, 4.69) is 19.2 Å². The van der Waals surface area contributed by atoms with Gasteiger partial charge in [-0.05, 0) is 19.3 Å². The van der Waals surface area contributed by atoms with Crippen molar-refractivity contribution in [3.05, 3.63) is 12.2 Å². The number of nitrogens with one attached hydrogen (secondary N) is 1. The fourth-order valence-corrected chi connectivity index (χ4v) is 10.6. The fourth-order valence-electron chi connectivity index (χ4n) is 10.6. The third kappa shape index (κ3) is 42.1. The number of aliphatic hydroxyl groups excluding tert-OH is 5. The van der Waals surface area contributed by atoms with Gasteiger partial charge in [-0.1, -0.05) is 315 Å². The van der Waals surface area contributed by atoms with Crippen molar-refractivity contribution in [2.75, 3.05) is 13.2 Å². The van der Waals surface area contributed by atoms with Gasteiger partial charge < -0.3 is 40.3 Å². The molecule has 0 radical (unpaired) electrons. The van der Waals surface area contributed by atoms with Gasteiger partial charge >= 0.3 is 0 Å². The molecular formula is C63H123NO8. The molecule has 0 saturated carbocycles. The SMILES string of the molecule is CCCCCCCCCCCCCCCCCCCCCCCCCCCC/C=C/C(O)C(COC1OC(CO)C(O)C(O)C1O)NC(=O)CCCCCCCCCCCCCCCCCCCCCCC. The molecule has 1 amide bonds. The van der Waals surface area contributed by atoms with Crippen LogP contribution in [-0.2, 0) is 14.3 Å². The van der Waals surface area contributed by atoms with E-state index in [9.17, 15) is 30.3 Å². The highest BCUT2D eigenvalue weighted by Crippen LogP contribution is 2.23. The second-order valence-electron chi connectivity index (χ2n) is 22.6. The number of allylic oxidation sites excluding steroid dienone is 1. The summed E-state index contributed by atoms with van der Waals surface area (Å²) in [5, 5.41) is 54.6. The van der Waals surface area contributed by atoms with E-state index in [-0.39, 0.29) is 12.5 Å². The van der Waals surface area contributed by atoms with Crippen molar-refractivity contribution in [1.82, 2.24) is 5.32 Å². The van der Waals surface area contributed by atoms with E-state index in [0.717, 1.165) is 38.5 Å². The fraction of sp³-hybridized carbons (Fsp3) is 0.952. The van der Waals surface area contributed by atoms with Crippen molar-refractivity contribution in [2.45, 2.75) is 371 Å². The number of carbonyl (C=O) groups excluding carboxylic acids is 1. The Bertz CT molecular complexity index is 1140. The lowest BCUT2D eigenvalue weighted by molar-refractivity contribution is -0.302. The summed E-state index contributed by atoms with van der Waals surface area (Å²) < 4.78 is 11.3. The number of hydrogen-bond acceptors (Lipinski definition) is 8. The number of aliphatic hydroxyl groups is 5. The number of amides is 1. The number of unbranched alkanes of at least 4 members (excludes halogenated alkanes) is 46. The first-order chi connectivity index (χ1) is 35.3. The topological polar surface area (TPSA) is 149 Å². The van der Waals surface area contributed by atoms with Crippen LogP contribution in [0.5, 0.6) is 0 Å². The van der Waals surface area contributed by atoms with Crippen molar-refractivity contribution < 1.29 is 39.8 Å². The third-order valence-corrected chi connectivity index (χ3v) is 15.6. The number of hydrogen-bond donors (Lipinski definition) is 6. The molecule has 0 aromatic rings. The summed E-state index contributed by atoms with van der Waals surface area (Å²) in [5.74, 6) is -0.168. The van der Waals surface area contributed by atoms with Gasteiger partial charge in [0.2, 0.25) is 5.91 Å². The largest absolute Gasteiger partial charge is 0.394 e. The molecule has 6 N–H and O–H groups in total. The number of carbonyl (C=O) groups is 1. The lowest BCUT2D eigenvalue weighted by Gasteiger charge is -2.40. The molecule has 1 aliphatic heterocycles. The zero-order valence-corrected chi connectivity index (χ0v) is 47.7. The van der Waals surface area contributed by atoms with E-state index in [0.29, 0.717) is 6.42 Å². The van der Waals surface area contributed by atoms with Crippen LogP contribution in [0.2, 0.25) is 0 Å². The van der Waals surface area contributed by atoms with Crippen molar-refractivity contribution in [1.29, 1.82) is 0 Å². The molecule has 1 heterocycles. The Morgan fingerprint density at radius 3 is 1.08 bits per heavy atom. The summed E-state index contributed by atoms with van der Waals surface area (Å²) in [6.45, 7) is 3.84. The van der Waals surface area contributed by atoms with Gasteiger partial charge in [-0.15, -0.1) is 0 Å². The average molecular weight is 1020 g/mol. The molecule has 7 atom stereocenters. The first kappa shape index (κ1) is 68.9. The average Bonchev–Trinajstić information content (AvgIpc) is 3.38. The molecule has 0 aromatic heterocycles. The van der Waals surface area contributed by atoms with E-state index in [1.807, 2.05) is 6.08 Å². The van der Waals surface area contributed by atoms with Gasteiger partial charge in [0.05, 0.1) is 25.4 Å². The molecule has 72 heavy (non-hydrogen) atoms. The van der Waals surface area contributed by atoms with Gasteiger partial charge in [-0.3, -0.25) is 4.79 Å². The first-order valence-electron chi connectivity index (χ1n) is 31.9. The normalized spacial score (nSPS) is 19.1. The Balaban J connectivity index is 2.16. The summed E-state index contributed by atoms with van der Waals surface area (Å²) in [5.41, 5.74) is 0. The molecule has 0 spiro atoms. The van der Waals surface area contributed by atoms with Crippen LogP contribution in [-0.4, -0.2) is 87.5 Å². The van der Waals surface area contributed by atoms with E-state index < -0.39 is 49.5 Å². The summed E-state index contributed by atoms with van der Waals surface area (Å²) >= 11 is 0. The summed E-state index contributed by atoms with van der Waals surface area (Å²) in [6.07, 6.45) is 60.1. The number of rotatable bonds is 56. The molecule has 7 unspecified atom stereocenters. The van der Waals surface area contributed by atoms with Gasteiger partial charge in [0, 0.05) is 6.42 Å². The van der Waals surface area contributed by atoms with Gasteiger partial charge in [-0.2, -0.15) is 0 Å². The Morgan fingerprint density at radius 2 is 0.764 bits per heavy atom. The van der Waals surface area contributed by atoms with Gasteiger partial charge in [0.25, 0.3) is 0 Å². The Hall–Kier alpha value is -1.07. The predicted molar refractivity (Wildman–Crippen MR) is 304 cm³/mol. The summed E-state index contributed by atoms with van der Waals surface area (Å²) in [7, 11) is 0. The molecule has 0 aliphatic carbocycles. The highest BCUT2D eigenvalue weighted by molar-refractivity contribution is 5.76. The van der Waals surface area contributed by atoms with Crippen LogP contribution in [0.15, 0.2) is 12.2 Å². The smallest absolute Gasteiger partial charge is 0.220 e. The second kappa shape index (κ2) is 53.3. The number of ether oxygens (including phenoxy) is 2. The molecule has 1 rings (SSSR count). The summed E-state index contributed by atoms with van der Waals surface area (Å²) in [6, 6.07) is -0.801. The van der Waals surface area contributed by atoms with E-state index in [1.54, 1.807) is 6.08 Å². The maximum absolute atomic E-state index is 13.1. The molecule has 1 saturated heterocycles. The molecule has 0 aromatic carbocycles. The van der Waals surface area contributed by atoms with E-state index >= 15 is 0 Å². The van der Waals surface area contributed by atoms with Crippen molar-refractivity contribution in [2.24, 2.45) is 0 Å². The van der Waals surface area contributed by atoms with Crippen LogP contribution in [0.4, 0.5) is 0 Å². The van der Waals surface area contributed by atoms with Crippen LogP contribution in [0.3, 0.4) is 0 Å². The van der Waals surface area contributed by atoms with Crippen LogP contribution in [0.25, 0.3) is 0 Å². The Morgan fingerprint density at radius 1 is 0.458 bits per heavy atom. The van der Waals surface area contributed by atoms with Crippen molar-refractivity contribution >= 4 is 5.91 Å². The monoisotopic (exact) mass is 1020 g/mol. The van der Waals surface area contributed by atoms with Gasteiger partial charge in [-0.25, -0.2) is 0 Å². The minimum atomic E-state index is -1.56. The molecule has 0 bridgehead atoms. The molecule has 1 fully saturated rings. The zero-order chi connectivity index (χ0) is 52.2.